The number of fused-ring (bicyclic) bond motifs is 1. The number of hydrogen-bond acceptors (Lipinski definition) is 4. The van der Waals surface area contributed by atoms with Crippen molar-refractivity contribution in [3.05, 3.63) is 72.7 Å². The number of nitrogens with one attached hydrogen (secondary N) is 1. The number of pyridine rings is 1. The molecule has 4 aromatic rings. The van der Waals surface area contributed by atoms with E-state index in [0.29, 0.717) is 5.92 Å². The molecular formula is C26H32N6. The number of benzene rings is 1. The summed E-state index contributed by atoms with van der Waals surface area (Å²) in [5.74, 6) is 1.41. The topological polar surface area (TPSA) is 62.6 Å². The van der Waals surface area contributed by atoms with E-state index in [4.69, 9.17) is 0 Å². The van der Waals surface area contributed by atoms with Gasteiger partial charge in [-0.1, -0.05) is 19.4 Å². The van der Waals surface area contributed by atoms with E-state index in [2.05, 4.69) is 62.5 Å². The van der Waals surface area contributed by atoms with Crippen molar-refractivity contribution in [1.29, 1.82) is 0 Å². The van der Waals surface area contributed by atoms with E-state index in [0.717, 1.165) is 24.6 Å². The quantitative estimate of drug-likeness (QED) is 0.430. The van der Waals surface area contributed by atoms with Crippen LogP contribution < -0.4 is 0 Å². The van der Waals surface area contributed by atoms with Gasteiger partial charge in [-0.3, -0.25) is 9.55 Å². The Labute approximate surface area is 189 Å². The number of nitrogens with zero attached hydrogens (tertiary/aromatic N) is 5. The predicted octanol–water partition coefficient (Wildman–Crippen LogP) is 4.98. The van der Waals surface area contributed by atoms with Crippen molar-refractivity contribution in [3.63, 3.8) is 0 Å². The van der Waals surface area contributed by atoms with Crippen LogP contribution in [0.1, 0.15) is 49.7 Å². The number of hydrogen-bond donors (Lipinski definition) is 1. The van der Waals surface area contributed by atoms with E-state index in [-0.39, 0.29) is 0 Å². The summed E-state index contributed by atoms with van der Waals surface area (Å²) in [5, 5.41) is 9.17. The van der Waals surface area contributed by atoms with E-state index in [1.54, 1.807) is 12.7 Å². The highest BCUT2D eigenvalue weighted by Gasteiger charge is 2.21. The highest BCUT2D eigenvalue weighted by Crippen LogP contribution is 2.27. The summed E-state index contributed by atoms with van der Waals surface area (Å²) in [5.41, 5.74) is 5.07. The van der Waals surface area contributed by atoms with Crippen molar-refractivity contribution in [2.24, 2.45) is 5.92 Å². The first kappa shape index (κ1) is 20.9. The fourth-order valence-electron chi connectivity index (χ4n) is 5.07. The van der Waals surface area contributed by atoms with Crippen molar-refractivity contribution in [3.8, 4) is 5.69 Å². The third kappa shape index (κ3) is 4.75. The normalized spacial score (nSPS) is 16.5. The molecule has 6 heteroatoms. The van der Waals surface area contributed by atoms with Crippen molar-refractivity contribution in [2.75, 3.05) is 19.6 Å². The smallest absolute Gasteiger partial charge is 0.123 e. The Morgan fingerprint density at radius 2 is 1.97 bits per heavy atom. The van der Waals surface area contributed by atoms with Gasteiger partial charge >= 0.3 is 0 Å². The average Bonchev–Trinajstić information content (AvgIpc) is 3.51. The van der Waals surface area contributed by atoms with Gasteiger partial charge in [0.2, 0.25) is 0 Å². The maximum Gasteiger partial charge on any atom is 0.123 e. The number of rotatable bonds is 8. The molecule has 1 aliphatic rings. The minimum atomic E-state index is 0.546. The Hall–Kier alpha value is -2.99. The van der Waals surface area contributed by atoms with Gasteiger partial charge in [-0.2, -0.15) is 0 Å². The van der Waals surface area contributed by atoms with Crippen LogP contribution in [-0.2, 0) is 6.42 Å². The molecule has 1 fully saturated rings. The van der Waals surface area contributed by atoms with Gasteiger partial charge in [0.25, 0.3) is 0 Å². The second kappa shape index (κ2) is 9.65. The Kier molecular flexibility index (Phi) is 6.30. The molecule has 0 bridgehead atoms. The van der Waals surface area contributed by atoms with Crippen LogP contribution in [0.5, 0.6) is 0 Å². The van der Waals surface area contributed by atoms with Gasteiger partial charge < -0.3 is 9.88 Å². The lowest BCUT2D eigenvalue weighted by Gasteiger charge is -2.33. The number of likely N-dealkylation sites (tertiary alicyclic amines) is 1. The zero-order valence-corrected chi connectivity index (χ0v) is 18.8. The third-order valence-electron chi connectivity index (χ3n) is 7.02. The minimum absolute atomic E-state index is 0.546. The lowest BCUT2D eigenvalue weighted by molar-refractivity contribution is 0.171. The molecule has 5 rings (SSSR count). The average molecular weight is 429 g/mol. The van der Waals surface area contributed by atoms with E-state index < -0.39 is 0 Å². The van der Waals surface area contributed by atoms with Gasteiger partial charge in [0, 0.05) is 41.7 Å². The molecule has 1 aromatic carbocycles. The van der Waals surface area contributed by atoms with Crippen LogP contribution in [0.4, 0.5) is 0 Å². The zero-order chi connectivity index (χ0) is 21.8. The molecule has 4 heterocycles. The molecule has 0 aliphatic carbocycles. The summed E-state index contributed by atoms with van der Waals surface area (Å²) >= 11 is 0. The first-order chi connectivity index (χ1) is 15.8. The number of aromatic nitrogens is 5. The molecule has 1 aliphatic heterocycles. The SMILES string of the molecule is C[C@@H](CN1CCC(CCCc2c[nH]c3ccc(-n4cnnc4)cc23)CC1)c1cccnc1. The van der Waals surface area contributed by atoms with Crippen LogP contribution in [-0.4, -0.2) is 49.3 Å². The van der Waals surface area contributed by atoms with Crippen molar-refractivity contribution >= 4 is 10.9 Å². The molecule has 32 heavy (non-hydrogen) atoms. The molecule has 0 radical (unpaired) electrons. The Morgan fingerprint density at radius 1 is 1.12 bits per heavy atom. The molecule has 6 nitrogen and oxygen atoms in total. The van der Waals surface area contributed by atoms with Crippen LogP contribution in [0.3, 0.4) is 0 Å². The van der Waals surface area contributed by atoms with Gasteiger partial charge in [0.1, 0.15) is 12.7 Å². The standard InChI is InChI=1S/C26H32N6/c1-20(22-6-3-11-27-15-22)17-31-12-9-21(10-13-31)4-2-5-23-16-28-26-8-7-24(14-25(23)26)32-18-29-30-19-32/h3,6-8,11,14-16,18-21,28H,2,4-5,9-10,12-13,17H2,1H3/t20-/m0/s1. The molecule has 1 saturated heterocycles. The van der Waals surface area contributed by atoms with Gasteiger partial charge in [-0.15, -0.1) is 10.2 Å². The van der Waals surface area contributed by atoms with Crippen LogP contribution >= 0.6 is 0 Å². The summed E-state index contributed by atoms with van der Waals surface area (Å²) < 4.78 is 1.96. The first-order valence-electron chi connectivity index (χ1n) is 11.8. The predicted molar refractivity (Wildman–Crippen MR) is 128 cm³/mol. The Morgan fingerprint density at radius 3 is 2.75 bits per heavy atom. The number of aromatic amines is 1. The molecule has 0 saturated carbocycles. The van der Waals surface area contributed by atoms with Gasteiger partial charge in [0.15, 0.2) is 0 Å². The summed E-state index contributed by atoms with van der Waals surface area (Å²) in [6.45, 7) is 5.91. The number of piperidine rings is 1. The number of aryl methyl sites for hydroxylation is 1. The minimum Gasteiger partial charge on any atom is -0.361 e. The van der Waals surface area contributed by atoms with E-state index in [1.807, 2.05) is 23.0 Å². The third-order valence-corrected chi connectivity index (χ3v) is 7.02. The van der Waals surface area contributed by atoms with Crippen LogP contribution in [0, 0.1) is 5.92 Å². The first-order valence-corrected chi connectivity index (χ1v) is 11.8. The van der Waals surface area contributed by atoms with Crippen LogP contribution in [0.2, 0.25) is 0 Å². The fourth-order valence-corrected chi connectivity index (χ4v) is 5.07. The molecule has 1 atom stereocenters. The van der Waals surface area contributed by atoms with Gasteiger partial charge in [-0.05, 0) is 86.0 Å². The van der Waals surface area contributed by atoms with Crippen molar-refractivity contribution < 1.29 is 0 Å². The molecule has 3 aromatic heterocycles. The summed E-state index contributed by atoms with van der Waals surface area (Å²) in [4.78, 5) is 10.3. The largest absolute Gasteiger partial charge is 0.361 e. The van der Waals surface area contributed by atoms with Crippen molar-refractivity contribution in [2.45, 2.75) is 44.9 Å². The van der Waals surface area contributed by atoms with Gasteiger partial charge in [-0.25, -0.2) is 0 Å². The zero-order valence-electron chi connectivity index (χ0n) is 18.8. The molecule has 166 valence electrons. The highest BCUT2D eigenvalue weighted by molar-refractivity contribution is 5.85. The molecular weight excluding hydrogens is 396 g/mol. The Bertz CT molecular complexity index is 1110. The summed E-state index contributed by atoms with van der Waals surface area (Å²) in [7, 11) is 0. The second-order valence-electron chi connectivity index (χ2n) is 9.24. The van der Waals surface area contributed by atoms with Crippen LogP contribution in [0.25, 0.3) is 16.6 Å². The van der Waals surface area contributed by atoms with Crippen LogP contribution in [0.15, 0.2) is 61.6 Å². The molecule has 0 spiro atoms. The Balaban J connectivity index is 1.10. The van der Waals surface area contributed by atoms with Gasteiger partial charge in [0.05, 0.1) is 0 Å². The van der Waals surface area contributed by atoms with Crippen molar-refractivity contribution in [1.82, 2.24) is 29.6 Å². The molecule has 1 N–H and O–H groups in total. The number of H-pyrrole nitrogens is 1. The fraction of sp³-hybridized carbons (Fsp3) is 0.423. The maximum absolute atomic E-state index is 4.27. The highest BCUT2D eigenvalue weighted by atomic mass is 15.2. The second-order valence-corrected chi connectivity index (χ2v) is 9.24. The van der Waals surface area contributed by atoms with E-state index >= 15 is 0 Å². The summed E-state index contributed by atoms with van der Waals surface area (Å²) in [6, 6.07) is 10.7. The van der Waals surface area contributed by atoms with E-state index in [9.17, 15) is 0 Å². The summed E-state index contributed by atoms with van der Waals surface area (Å²) in [6.07, 6.45) is 15.9. The maximum atomic E-state index is 4.27. The van der Waals surface area contributed by atoms with E-state index in [1.165, 1.54) is 60.8 Å². The lowest BCUT2D eigenvalue weighted by atomic mass is 9.90. The monoisotopic (exact) mass is 428 g/mol. The molecule has 0 unspecified atom stereocenters. The lowest BCUT2D eigenvalue weighted by Crippen LogP contribution is -2.36. The molecule has 0 amide bonds.